The van der Waals surface area contributed by atoms with Gasteiger partial charge in [0.15, 0.2) is 5.78 Å². The van der Waals surface area contributed by atoms with E-state index in [2.05, 4.69) is 0 Å². The number of alkyl halides is 3. The van der Waals surface area contributed by atoms with Crippen molar-refractivity contribution < 1.29 is 36.0 Å². The first-order chi connectivity index (χ1) is 20.3. The van der Waals surface area contributed by atoms with Gasteiger partial charge >= 0.3 is 12.2 Å². The molecule has 13 heteroatoms. The number of Topliss-reactive ketones (excluding diaryl/α,β-unsaturated/α-hetero) is 1. The van der Waals surface area contributed by atoms with Crippen molar-refractivity contribution in [2.24, 2.45) is 0 Å². The summed E-state index contributed by atoms with van der Waals surface area (Å²) in [4.78, 5) is 45.1. The Kier molecular flexibility index (Phi) is 8.09. The van der Waals surface area contributed by atoms with Gasteiger partial charge in [-0.3, -0.25) is 14.5 Å². The van der Waals surface area contributed by atoms with Gasteiger partial charge in [-0.25, -0.2) is 13.2 Å². The summed E-state index contributed by atoms with van der Waals surface area (Å²) in [6, 6.07) is 10.8. The van der Waals surface area contributed by atoms with E-state index in [1.54, 1.807) is 12.1 Å². The summed E-state index contributed by atoms with van der Waals surface area (Å²) < 4.78 is 64.9. The van der Waals surface area contributed by atoms with Gasteiger partial charge < -0.3 is 9.80 Å². The minimum atomic E-state index is -4.67. The van der Waals surface area contributed by atoms with Gasteiger partial charge in [0.05, 0.1) is 34.2 Å². The van der Waals surface area contributed by atoms with Gasteiger partial charge in [0.2, 0.25) is 5.91 Å². The van der Waals surface area contributed by atoms with E-state index in [4.69, 9.17) is 0 Å². The molecular weight excluding hydrogens is 585 g/mol. The van der Waals surface area contributed by atoms with Crippen LogP contribution >= 0.6 is 0 Å². The smallest absolute Gasteiger partial charge is 0.341 e. The topological polar surface area (TPSA) is 119 Å². The van der Waals surface area contributed by atoms with Crippen LogP contribution in [0.15, 0.2) is 59.8 Å². The second kappa shape index (κ2) is 11.5. The molecule has 43 heavy (non-hydrogen) atoms. The highest BCUT2D eigenvalue weighted by Gasteiger charge is 2.46. The van der Waals surface area contributed by atoms with Gasteiger partial charge in [-0.05, 0) is 61.6 Å². The standard InChI is InChI=1S/C30H29F3N4O5S/c1-43(41,42)23-12-14-35(15-13-23)26(39)18-36-28(20-10-8-19(17-34)9-11-20)27-24(6-3-7-25(27)38)37(29(36)40)22-5-2-4-21(16-22)30(31,32)33/h2,4-5,8-11,16,23,28H,3,6-7,12-15,18H2,1H3. The Morgan fingerprint density at radius 2 is 1.72 bits per heavy atom. The number of amides is 3. The average molecular weight is 615 g/mol. The molecule has 226 valence electrons. The number of sulfone groups is 1. The van der Waals surface area contributed by atoms with Crippen LogP contribution in [-0.4, -0.2) is 67.1 Å². The number of nitriles is 1. The average Bonchev–Trinajstić information content (AvgIpc) is 2.97. The number of benzene rings is 2. The Morgan fingerprint density at radius 1 is 1.05 bits per heavy atom. The number of nitrogens with zero attached hydrogens (tertiary/aromatic N) is 4. The van der Waals surface area contributed by atoms with Crippen LogP contribution in [0.4, 0.5) is 23.7 Å². The minimum absolute atomic E-state index is 0.0771. The molecule has 2 heterocycles. The van der Waals surface area contributed by atoms with E-state index in [1.807, 2.05) is 6.07 Å². The molecule has 0 bridgehead atoms. The van der Waals surface area contributed by atoms with Crippen LogP contribution in [0.25, 0.3) is 0 Å². The number of ketones is 1. The summed E-state index contributed by atoms with van der Waals surface area (Å²) in [5, 5.41) is 8.70. The number of rotatable bonds is 5. The van der Waals surface area contributed by atoms with E-state index in [0.29, 0.717) is 17.5 Å². The van der Waals surface area contributed by atoms with Crippen LogP contribution in [0.3, 0.4) is 0 Å². The first-order valence-corrected chi connectivity index (χ1v) is 15.8. The summed E-state index contributed by atoms with van der Waals surface area (Å²) in [5.41, 5.74) is 0.281. The molecule has 0 N–H and O–H groups in total. The van der Waals surface area contributed by atoms with Crippen LogP contribution in [0, 0.1) is 11.3 Å². The highest BCUT2D eigenvalue weighted by molar-refractivity contribution is 7.91. The zero-order chi connectivity index (χ0) is 31.1. The monoisotopic (exact) mass is 614 g/mol. The molecule has 0 aromatic heterocycles. The largest absolute Gasteiger partial charge is 0.416 e. The zero-order valence-corrected chi connectivity index (χ0v) is 24.1. The molecular formula is C30H29F3N4O5S. The maximum Gasteiger partial charge on any atom is 0.416 e. The first-order valence-electron chi connectivity index (χ1n) is 13.8. The second-order valence-corrected chi connectivity index (χ2v) is 13.3. The summed E-state index contributed by atoms with van der Waals surface area (Å²) in [6.07, 6.45) is -2.22. The zero-order valence-electron chi connectivity index (χ0n) is 23.3. The van der Waals surface area contributed by atoms with E-state index in [1.165, 1.54) is 34.1 Å². The van der Waals surface area contributed by atoms with Crippen molar-refractivity contribution >= 4 is 33.2 Å². The predicted molar refractivity (Wildman–Crippen MR) is 150 cm³/mol. The molecule has 2 aliphatic heterocycles. The summed E-state index contributed by atoms with van der Waals surface area (Å²) in [5.74, 6) is -0.762. The number of carbonyl (C=O) groups excluding carboxylic acids is 3. The van der Waals surface area contributed by atoms with Gasteiger partial charge in [0, 0.05) is 37.0 Å². The normalized spacial score (nSPS) is 20.3. The molecule has 9 nitrogen and oxygen atoms in total. The molecule has 0 spiro atoms. The van der Waals surface area contributed by atoms with Crippen molar-refractivity contribution in [3.63, 3.8) is 0 Å². The number of hydrogen-bond acceptors (Lipinski definition) is 6. The van der Waals surface area contributed by atoms with Crippen LogP contribution in [0.1, 0.15) is 54.8 Å². The molecule has 2 aromatic rings. The quantitative estimate of drug-likeness (QED) is 0.486. The molecule has 1 fully saturated rings. The van der Waals surface area contributed by atoms with Gasteiger partial charge in [0.1, 0.15) is 16.4 Å². The number of urea groups is 1. The maximum absolute atomic E-state index is 14.3. The molecule has 1 saturated heterocycles. The van der Waals surface area contributed by atoms with E-state index in [-0.39, 0.29) is 61.5 Å². The highest BCUT2D eigenvalue weighted by atomic mass is 32.2. The number of allylic oxidation sites excluding steroid dienone is 1. The molecule has 0 radical (unpaired) electrons. The molecule has 5 rings (SSSR count). The fraction of sp³-hybridized carbons (Fsp3) is 0.400. The SMILES string of the molecule is CS(=O)(=O)C1CCN(C(=O)CN2C(=O)N(c3cccc(C(F)(F)F)c3)C3=C(C(=O)CCC3)C2c2ccc(C#N)cc2)CC1. The van der Waals surface area contributed by atoms with E-state index in [0.717, 1.165) is 23.3 Å². The molecule has 3 amide bonds. The molecule has 1 aliphatic carbocycles. The first kappa shape index (κ1) is 30.3. The van der Waals surface area contributed by atoms with Crippen molar-refractivity contribution in [1.29, 1.82) is 5.26 Å². The van der Waals surface area contributed by atoms with Crippen molar-refractivity contribution in [3.8, 4) is 6.07 Å². The highest BCUT2D eigenvalue weighted by Crippen LogP contribution is 2.44. The Balaban J connectivity index is 1.59. The summed E-state index contributed by atoms with van der Waals surface area (Å²) in [6.45, 7) is -0.179. The minimum Gasteiger partial charge on any atom is -0.341 e. The lowest BCUT2D eigenvalue weighted by atomic mass is 9.83. The maximum atomic E-state index is 14.3. The van der Waals surface area contributed by atoms with Crippen LogP contribution < -0.4 is 4.90 Å². The number of piperidine rings is 1. The summed E-state index contributed by atoms with van der Waals surface area (Å²) >= 11 is 0. The van der Waals surface area contributed by atoms with Crippen LogP contribution in [-0.2, 0) is 25.6 Å². The number of carbonyl (C=O) groups is 3. The number of likely N-dealkylation sites (tertiary alicyclic amines) is 1. The van der Waals surface area contributed by atoms with E-state index < -0.39 is 51.4 Å². The Labute approximate surface area is 247 Å². The predicted octanol–water partition coefficient (Wildman–Crippen LogP) is 4.60. The van der Waals surface area contributed by atoms with E-state index >= 15 is 0 Å². The lowest BCUT2D eigenvalue weighted by Crippen LogP contribution is -2.55. The van der Waals surface area contributed by atoms with Crippen molar-refractivity contribution in [3.05, 3.63) is 76.5 Å². The third-order valence-electron chi connectivity index (χ3n) is 8.21. The Hall–Kier alpha value is -4.18. The third kappa shape index (κ3) is 6.01. The molecule has 0 saturated carbocycles. The summed E-state index contributed by atoms with van der Waals surface area (Å²) in [7, 11) is -3.29. The molecule has 1 unspecified atom stereocenters. The van der Waals surface area contributed by atoms with Gasteiger partial charge in [0.25, 0.3) is 0 Å². The van der Waals surface area contributed by atoms with Crippen molar-refractivity contribution in [2.45, 2.75) is 49.6 Å². The van der Waals surface area contributed by atoms with Crippen LogP contribution in [0.5, 0.6) is 0 Å². The number of hydrogen-bond donors (Lipinski definition) is 0. The molecule has 2 aromatic carbocycles. The van der Waals surface area contributed by atoms with Gasteiger partial charge in [-0.1, -0.05) is 18.2 Å². The van der Waals surface area contributed by atoms with Crippen molar-refractivity contribution in [1.82, 2.24) is 9.80 Å². The molecule has 1 atom stereocenters. The third-order valence-corrected chi connectivity index (χ3v) is 9.90. The Morgan fingerprint density at radius 3 is 2.33 bits per heavy atom. The van der Waals surface area contributed by atoms with Crippen molar-refractivity contribution in [2.75, 3.05) is 30.8 Å². The second-order valence-electron chi connectivity index (χ2n) is 11.0. The molecule has 3 aliphatic rings. The lowest BCUT2D eigenvalue weighted by Gasteiger charge is -2.45. The lowest BCUT2D eigenvalue weighted by molar-refractivity contribution is -0.137. The van der Waals surface area contributed by atoms with Gasteiger partial charge in [-0.2, -0.15) is 18.4 Å². The Bertz CT molecular complexity index is 1640. The van der Waals surface area contributed by atoms with E-state index in [9.17, 15) is 41.2 Å². The van der Waals surface area contributed by atoms with Gasteiger partial charge in [-0.15, -0.1) is 0 Å². The fourth-order valence-electron chi connectivity index (χ4n) is 6.01. The number of anilines is 1. The number of halogens is 3. The van der Waals surface area contributed by atoms with Crippen LogP contribution in [0.2, 0.25) is 0 Å². The fourth-order valence-corrected chi connectivity index (χ4v) is 7.08.